The van der Waals surface area contributed by atoms with Gasteiger partial charge in [-0.05, 0) is 59.3 Å². The Morgan fingerprint density at radius 1 is 0.793 bits per heavy atom. The van der Waals surface area contributed by atoms with Crippen LogP contribution in [0.25, 0.3) is 0 Å². The highest BCUT2D eigenvalue weighted by Crippen LogP contribution is 2.46. The van der Waals surface area contributed by atoms with Crippen LogP contribution in [0, 0.1) is 6.92 Å². The van der Waals surface area contributed by atoms with E-state index in [-0.39, 0.29) is 5.91 Å². The number of imide groups is 1. The molecular weight excluding hydrogens is 452 g/mol. The summed E-state index contributed by atoms with van der Waals surface area (Å²) in [6.07, 6.45) is 0. The van der Waals surface area contributed by atoms with Gasteiger partial charge in [-0.15, -0.1) is 11.3 Å². The Bertz CT molecular complexity index is 1140. The molecule has 0 radical (unpaired) electrons. The lowest BCUT2D eigenvalue weighted by Crippen LogP contribution is -2.67. The van der Waals surface area contributed by atoms with E-state index in [9.17, 15) is 14.4 Å². The Balaban J connectivity index is 1.58. The highest BCUT2D eigenvalue weighted by Gasteiger charge is 2.57. The van der Waals surface area contributed by atoms with Crippen LogP contribution in [0.5, 0.6) is 0 Å². The average molecular weight is 467 g/mol. The molecule has 5 nitrogen and oxygen atoms in total. The lowest BCUT2D eigenvalue weighted by Gasteiger charge is -2.49. The molecule has 1 aromatic heterocycles. The van der Waals surface area contributed by atoms with Crippen LogP contribution in [0.4, 0.5) is 5.69 Å². The molecule has 3 amide bonds. The van der Waals surface area contributed by atoms with E-state index in [4.69, 9.17) is 0 Å². The maximum atomic E-state index is 13.2. The number of halogens is 1. The van der Waals surface area contributed by atoms with E-state index in [1.807, 2.05) is 43.3 Å². The minimum Gasteiger partial charge on any atom is -0.300 e. The number of aryl methyl sites for hydroxylation is 1. The Labute approximate surface area is 179 Å². The standard InChI is InChI=1S/C22H15BrN2O3S/c1-12-6-8-13(9-7-12)24-18(16-10-11-17(23)29-16)19(22(24)28)25-20(26)14-4-2-3-5-15(14)21(25)27/h2-11,18-19H,1H3. The number of anilines is 1. The Morgan fingerprint density at radius 3 is 1.97 bits per heavy atom. The zero-order valence-electron chi connectivity index (χ0n) is 15.3. The molecule has 3 heterocycles. The highest BCUT2D eigenvalue weighted by molar-refractivity contribution is 9.11. The molecule has 0 bridgehead atoms. The normalized spacial score (nSPS) is 20.8. The summed E-state index contributed by atoms with van der Waals surface area (Å²) in [7, 11) is 0. The zero-order chi connectivity index (χ0) is 20.3. The molecule has 5 rings (SSSR count). The van der Waals surface area contributed by atoms with Gasteiger partial charge in [0.1, 0.15) is 12.1 Å². The van der Waals surface area contributed by atoms with Crippen molar-refractivity contribution in [2.24, 2.45) is 0 Å². The summed E-state index contributed by atoms with van der Waals surface area (Å²) in [5.41, 5.74) is 2.55. The molecule has 2 aliphatic heterocycles. The van der Waals surface area contributed by atoms with Crippen molar-refractivity contribution in [1.29, 1.82) is 0 Å². The molecule has 2 unspecified atom stereocenters. The number of nitrogens with zero attached hydrogens (tertiary/aromatic N) is 2. The second-order valence-electron chi connectivity index (χ2n) is 7.10. The van der Waals surface area contributed by atoms with E-state index in [2.05, 4.69) is 15.9 Å². The monoisotopic (exact) mass is 466 g/mol. The minimum absolute atomic E-state index is 0.252. The van der Waals surface area contributed by atoms with Gasteiger partial charge in [-0.2, -0.15) is 0 Å². The predicted octanol–water partition coefficient (Wildman–Crippen LogP) is 4.57. The number of carbonyl (C=O) groups is 3. The van der Waals surface area contributed by atoms with Crippen molar-refractivity contribution in [3.05, 3.63) is 86.0 Å². The van der Waals surface area contributed by atoms with Gasteiger partial charge in [0.05, 0.1) is 14.9 Å². The predicted molar refractivity (Wildman–Crippen MR) is 114 cm³/mol. The fourth-order valence-electron chi connectivity index (χ4n) is 3.95. The van der Waals surface area contributed by atoms with Crippen molar-refractivity contribution >= 4 is 50.7 Å². The molecule has 2 aliphatic rings. The number of carbonyl (C=O) groups excluding carboxylic acids is 3. The van der Waals surface area contributed by atoms with Gasteiger partial charge in [0.2, 0.25) is 0 Å². The van der Waals surface area contributed by atoms with Crippen LogP contribution in [-0.2, 0) is 4.79 Å². The smallest absolute Gasteiger partial charge is 0.262 e. The number of benzene rings is 2. The molecule has 7 heteroatoms. The van der Waals surface area contributed by atoms with E-state index in [0.29, 0.717) is 11.1 Å². The summed E-state index contributed by atoms with van der Waals surface area (Å²) in [4.78, 5) is 42.9. The maximum Gasteiger partial charge on any atom is 0.262 e. The lowest BCUT2D eigenvalue weighted by molar-refractivity contribution is -0.130. The molecule has 0 aliphatic carbocycles. The van der Waals surface area contributed by atoms with Crippen LogP contribution in [0.3, 0.4) is 0 Å². The molecule has 1 saturated heterocycles. The van der Waals surface area contributed by atoms with Crippen LogP contribution in [0.1, 0.15) is 37.2 Å². The summed E-state index contributed by atoms with van der Waals surface area (Å²) in [5.74, 6) is -1.07. The summed E-state index contributed by atoms with van der Waals surface area (Å²) < 4.78 is 0.928. The first-order chi connectivity index (χ1) is 14.0. The van der Waals surface area contributed by atoms with E-state index in [1.54, 1.807) is 29.2 Å². The fraction of sp³-hybridized carbons (Fsp3) is 0.136. The molecule has 1 fully saturated rings. The Morgan fingerprint density at radius 2 is 1.41 bits per heavy atom. The average Bonchev–Trinajstić information content (AvgIpc) is 3.24. The molecule has 2 atom stereocenters. The Kier molecular flexibility index (Phi) is 4.18. The van der Waals surface area contributed by atoms with E-state index in [1.165, 1.54) is 11.3 Å². The second-order valence-corrected chi connectivity index (χ2v) is 9.60. The Hall–Kier alpha value is -2.77. The quantitative estimate of drug-likeness (QED) is 0.419. The van der Waals surface area contributed by atoms with Crippen molar-refractivity contribution < 1.29 is 14.4 Å². The van der Waals surface area contributed by atoms with Gasteiger partial charge >= 0.3 is 0 Å². The van der Waals surface area contributed by atoms with Crippen LogP contribution in [-0.4, -0.2) is 28.7 Å². The van der Waals surface area contributed by atoms with Crippen LogP contribution in [0.2, 0.25) is 0 Å². The second kappa shape index (κ2) is 6.64. The molecule has 2 aromatic carbocycles. The maximum absolute atomic E-state index is 13.2. The van der Waals surface area contributed by atoms with Crippen molar-refractivity contribution in [2.75, 3.05) is 4.90 Å². The number of hydrogen-bond acceptors (Lipinski definition) is 4. The number of β-lactam (4-membered cyclic amide) rings is 1. The van der Waals surface area contributed by atoms with Crippen molar-refractivity contribution in [2.45, 2.75) is 19.0 Å². The molecule has 3 aromatic rings. The van der Waals surface area contributed by atoms with Crippen LogP contribution < -0.4 is 4.90 Å². The van der Waals surface area contributed by atoms with Crippen LogP contribution in [0.15, 0.2) is 64.5 Å². The first-order valence-corrected chi connectivity index (χ1v) is 10.7. The van der Waals surface area contributed by atoms with Crippen molar-refractivity contribution in [3.63, 3.8) is 0 Å². The lowest BCUT2D eigenvalue weighted by atomic mass is 9.90. The molecule has 0 saturated carbocycles. The van der Waals surface area contributed by atoms with Gasteiger partial charge in [-0.1, -0.05) is 29.8 Å². The third-order valence-corrected chi connectivity index (χ3v) is 7.06. The summed E-state index contributed by atoms with van der Waals surface area (Å²) in [5, 5.41) is 0. The van der Waals surface area contributed by atoms with Gasteiger partial charge in [0, 0.05) is 10.6 Å². The number of hydrogen-bond donors (Lipinski definition) is 0. The summed E-state index contributed by atoms with van der Waals surface area (Å²) in [6, 6.07) is 17.0. The minimum atomic E-state index is -0.853. The van der Waals surface area contributed by atoms with E-state index >= 15 is 0 Å². The SMILES string of the molecule is Cc1ccc(N2C(=O)C(N3C(=O)c4ccccc4C3=O)C2c2ccc(Br)s2)cc1. The van der Waals surface area contributed by atoms with Gasteiger partial charge in [-0.25, -0.2) is 0 Å². The molecule has 0 spiro atoms. The van der Waals surface area contributed by atoms with Crippen LogP contribution >= 0.6 is 27.3 Å². The summed E-state index contributed by atoms with van der Waals surface area (Å²) in [6.45, 7) is 1.98. The van der Waals surface area contributed by atoms with Gasteiger partial charge in [0.25, 0.3) is 17.7 Å². The largest absolute Gasteiger partial charge is 0.300 e. The van der Waals surface area contributed by atoms with Gasteiger partial charge in [-0.3, -0.25) is 24.2 Å². The number of fused-ring (bicyclic) bond motifs is 1. The first kappa shape index (κ1) is 18.3. The first-order valence-electron chi connectivity index (χ1n) is 9.09. The molecule has 0 N–H and O–H groups in total. The molecule has 144 valence electrons. The number of thiophene rings is 1. The summed E-state index contributed by atoms with van der Waals surface area (Å²) >= 11 is 4.97. The van der Waals surface area contributed by atoms with Gasteiger partial charge in [0.15, 0.2) is 0 Å². The number of amides is 3. The fourth-order valence-corrected chi connectivity index (χ4v) is 5.49. The third-order valence-electron chi connectivity index (χ3n) is 5.37. The van der Waals surface area contributed by atoms with Crippen molar-refractivity contribution in [1.82, 2.24) is 4.90 Å². The molecular formula is C22H15BrN2O3S. The number of rotatable bonds is 3. The van der Waals surface area contributed by atoms with Crippen molar-refractivity contribution in [3.8, 4) is 0 Å². The van der Waals surface area contributed by atoms with E-state index in [0.717, 1.165) is 24.8 Å². The molecule has 29 heavy (non-hydrogen) atoms. The van der Waals surface area contributed by atoms with Gasteiger partial charge < -0.3 is 0 Å². The topological polar surface area (TPSA) is 57.7 Å². The highest BCUT2D eigenvalue weighted by atomic mass is 79.9. The van der Waals surface area contributed by atoms with E-state index < -0.39 is 23.9 Å². The zero-order valence-corrected chi connectivity index (χ0v) is 17.7. The third kappa shape index (κ3) is 2.68.